The van der Waals surface area contributed by atoms with Gasteiger partial charge in [-0.2, -0.15) is 5.10 Å². The van der Waals surface area contributed by atoms with E-state index in [1.807, 2.05) is 35.0 Å². The average molecular weight is 342 g/mol. The van der Waals surface area contributed by atoms with Crippen LogP contribution in [0.3, 0.4) is 0 Å². The van der Waals surface area contributed by atoms with E-state index in [9.17, 15) is 4.79 Å². The highest BCUT2D eigenvalue weighted by Gasteiger charge is 2.23. The van der Waals surface area contributed by atoms with Crippen molar-refractivity contribution in [3.05, 3.63) is 65.2 Å². The molecular weight excluding hydrogens is 326 g/mol. The number of aryl methyl sites for hydroxylation is 1. The number of carbonyl (C=O) groups excluding carboxylic acids is 1. The van der Waals surface area contributed by atoms with Crippen LogP contribution in [0.1, 0.15) is 22.7 Å². The molecule has 0 radical (unpaired) electrons. The van der Waals surface area contributed by atoms with Gasteiger partial charge in [-0.3, -0.25) is 9.48 Å². The summed E-state index contributed by atoms with van der Waals surface area (Å²) < 4.78 is 7.21. The fourth-order valence-corrected chi connectivity index (χ4v) is 3.17. The number of carbonyl (C=O) groups is 1. The van der Waals surface area contributed by atoms with Gasteiger partial charge in [0.15, 0.2) is 5.76 Å². The van der Waals surface area contributed by atoms with Crippen LogP contribution in [0, 0.1) is 0 Å². The van der Waals surface area contributed by atoms with Crippen molar-refractivity contribution in [2.24, 2.45) is 0 Å². The standard InChI is InChI=1S/C18H16ClN3O2/c19-14-5-1-4-13(10-14)16-11-15-12-21(7-3-8-22(15)20-16)18(23)17-6-2-9-24-17/h1-2,4-6,9-11H,3,7-8,12H2. The highest BCUT2D eigenvalue weighted by Crippen LogP contribution is 2.25. The Kier molecular flexibility index (Phi) is 3.86. The lowest BCUT2D eigenvalue weighted by molar-refractivity contribution is 0.0713. The lowest BCUT2D eigenvalue weighted by Gasteiger charge is -2.18. The fraction of sp³-hybridized carbons (Fsp3) is 0.222. The van der Waals surface area contributed by atoms with E-state index in [-0.39, 0.29) is 5.91 Å². The van der Waals surface area contributed by atoms with Crippen LogP contribution in [0.25, 0.3) is 11.3 Å². The molecular formula is C18H16ClN3O2. The van der Waals surface area contributed by atoms with Gasteiger partial charge in [-0.25, -0.2) is 0 Å². The van der Waals surface area contributed by atoms with E-state index in [2.05, 4.69) is 5.10 Å². The number of aromatic nitrogens is 2. The summed E-state index contributed by atoms with van der Waals surface area (Å²) in [5, 5.41) is 5.36. The van der Waals surface area contributed by atoms with Crippen LogP contribution in [0.5, 0.6) is 0 Å². The Labute approximate surface area is 144 Å². The summed E-state index contributed by atoms with van der Waals surface area (Å²) in [6.07, 6.45) is 2.38. The molecule has 0 aliphatic carbocycles. The van der Waals surface area contributed by atoms with Crippen molar-refractivity contribution in [1.82, 2.24) is 14.7 Å². The predicted molar refractivity (Wildman–Crippen MR) is 90.7 cm³/mol. The van der Waals surface area contributed by atoms with Crippen LogP contribution in [0.4, 0.5) is 0 Å². The zero-order chi connectivity index (χ0) is 16.5. The second kappa shape index (κ2) is 6.17. The van der Waals surface area contributed by atoms with Gasteiger partial charge in [0.2, 0.25) is 0 Å². The molecule has 1 aliphatic heterocycles. The Morgan fingerprint density at radius 3 is 2.88 bits per heavy atom. The lowest BCUT2D eigenvalue weighted by Crippen LogP contribution is -2.30. The summed E-state index contributed by atoms with van der Waals surface area (Å²) in [4.78, 5) is 14.3. The molecule has 24 heavy (non-hydrogen) atoms. The van der Waals surface area contributed by atoms with E-state index >= 15 is 0 Å². The van der Waals surface area contributed by atoms with Crippen molar-refractivity contribution >= 4 is 17.5 Å². The van der Waals surface area contributed by atoms with E-state index in [4.69, 9.17) is 16.0 Å². The van der Waals surface area contributed by atoms with Crippen molar-refractivity contribution in [1.29, 1.82) is 0 Å². The minimum Gasteiger partial charge on any atom is -0.459 e. The molecule has 0 fully saturated rings. The van der Waals surface area contributed by atoms with Crippen molar-refractivity contribution in [3.63, 3.8) is 0 Å². The summed E-state index contributed by atoms with van der Waals surface area (Å²) in [6.45, 7) is 2.00. The number of furan rings is 1. The number of amides is 1. The first-order valence-corrected chi connectivity index (χ1v) is 8.24. The maximum Gasteiger partial charge on any atom is 0.289 e. The molecule has 0 unspecified atom stereocenters. The van der Waals surface area contributed by atoms with Crippen molar-refractivity contribution in [2.45, 2.75) is 19.5 Å². The number of hydrogen-bond donors (Lipinski definition) is 0. The Bertz CT molecular complexity index is 870. The molecule has 0 saturated carbocycles. The Morgan fingerprint density at radius 2 is 2.08 bits per heavy atom. The zero-order valence-electron chi connectivity index (χ0n) is 13.0. The lowest BCUT2D eigenvalue weighted by atomic mass is 10.1. The van der Waals surface area contributed by atoms with E-state index in [0.717, 1.165) is 29.9 Å². The van der Waals surface area contributed by atoms with Crippen LogP contribution in [-0.2, 0) is 13.1 Å². The number of benzene rings is 1. The number of hydrogen-bond acceptors (Lipinski definition) is 3. The van der Waals surface area contributed by atoms with Gasteiger partial charge in [0, 0.05) is 23.7 Å². The average Bonchev–Trinajstić information content (AvgIpc) is 3.20. The molecule has 3 heterocycles. The van der Waals surface area contributed by atoms with Gasteiger partial charge in [0.1, 0.15) is 0 Å². The fourth-order valence-electron chi connectivity index (χ4n) is 2.98. The van der Waals surface area contributed by atoms with Crippen LogP contribution >= 0.6 is 11.6 Å². The second-order valence-electron chi connectivity index (χ2n) is 5.81. The first kappa shape index (κ1) is 15.0. The van der Waals surface area contributed by atoms with Gasteiger partial charge in [0.25, 0.3) is 5.91 Å². The minimum atomic E-state index is -0.0843. The summed E-state index contributed by atoms with van der Waals surface area (Å²) in [5.74, 6) is 0.289. The van der Waals surface area contributed by atoms with Crippen LogP contribution in [0.2, 0.25) is 5.02 Å². The maximum atomic E-state index is 12.5. The highest BCUT2D eigenvalue weighted by atomic mass is 35.5. The van der Waals surface area contributed by atoms with Crippen LogP contribution in [0.15, 0.2) is 53.1 Å². The molecule has 3 aromatic rings. The third-order valence-corrected chi connectivity index (χ3v) is 4.39. The topological polar surface area (TPSA) is 51.3 Å². The predicted octanol–water partition coefficient (Wildman–Crippen LogP) is 3.84. The molecule has 122 valence electrons. The summed E-state index contributed by atoms with van der Waals surface area (Å²) in [7, 11) is 0. The van der Waals surface area contributed by atoms with Crippen LogP contribution in [-0.4, -0.2) is 27.1 Å². The molecule has 0 atom stereocenters. The third-order valence-electron chi connectivity index (χ3n) is 4.15. The molecule has 2 aromatic heterocycles. The Hall–Kier alpha value is -2.53. The van der Waals surface area contributed by atoms with E-state index in [1.54, 1.807) is 17.0 Å². The number of halogens is 1. The molecule has 6 heteroatoms. The number of fused-ring (bicyclic) bond motifs is 1. The Morgan fingerprint density at radius 1 is 1.17 bits per heavy atom. The zero-order valence-corrected chi connectivity index (χ0v) is 13.7. The Balaban J connectivity index is 1.62. The van der Waals surface area contributed by atoms with Crippen molar-refractivity contribution in [3.8, 4) is 11.3 Å². The molecule has 4 rings (SSSR count). The quantitative estimate of drug-likeness (QED) is 0.711. The largest absolute Gasteiger partial charge is 0.459 e. The smallest absolute Gasteiger partial charge is 0.289 e. The van der Waals surface area contributed by atoms with Gasteiger partial charge in [-0.05, 0) is 36.8 Å². The first-order valence-electron chi connectivity index (χ1n) is 7.86. The number of nitrogens with zero attached hydrogens (tertiary/aromatic N) is 3. The molecule has 0 N–H and O–H groups in total. The number of rotatable bonds is 2. The maximum absolute atomic E-state index is 12.5. The van der Waals surface area contributed by atoms with Gasteiger partial charge >= 0.3 is 0 Å². The third kappa shape index (κ3) is 2.83. The van der Waals surface area contributed by atoms with Gasteiger partial charge in [-0.15, -0.1) is 0 Å². The minimum absolute atomic E-state index is 0.0843. The molecule has 1 amide bonds. The van der Waals surface area contributed by atoms with Gasteiger partial charge in [0.05, 0.1) is 24.2 Å². The van der Waals surface area contributed by atoms with Crippen LogP contribution < -0.4 is 0 Å². The van der Waals surface area contributed by atoms with Gasteiger partial charge < -0.3 is 9.32 Å². The van der Waals surface area contributed by atoms with E-state index < -0.39 is 0 Å². The molecule has 1 aliphatic rings. The normalized spacial score (nSPS) is 14.3. The SMILES string of the molecule is O=C(c1ccco1)N1CCCn2nc(-c3cccc(Cl)c3)cc2C1. The van der Waals surface area contributed by atoms with Crippen molar-refractivity contribution < 1.29 is 9.21 Å². The molecule has 0 bridgehead atoms. The van der Waals surface area contributed by atoms with E-state index in [1.165, 1.54) is 6.26 Å². The first-order chi connectivity index (χ1) is 11.7. The monoisotopic (exact) mass is 341 g/mol. The second-order valence-corrected chi connectivity index (χ2v) is 6.25. The highest BCUT2D eigenvalue weighted by molar-refractivity contribution is 6.30. The summed E-state index contributed by atoms with van der Waals surface area (Å²) in [6, 6.07) is 13.1. The molecule has 0 saturated heterocycles. The van der Waals surface area contributed by atoms with Crippen molar-refractivity contribution in [2.75, 3.05) is 6.54 Å². The molecule has 5 nitrogen and oxygen atoms in total. The molecule has 0 spiro atoms. The summed E-state index contributed by atoms with van der Waals surface area (Å²) >= 11 is 6.07. The molecule has 1 aromatic carbocycles. The van der Waals surface area contributed by atoms with E-state index in [0.29, 0.717) is 23.9 Å². The summed E-state index contributed by atoms with van der Waals surface area (Å²) in [5.41, 5.74) is 2.87. The van der Waals surface area contributed by atoms with Gasteiger partial charge in [-0.1, -0.05) is 23.7 Å².